The highest BCUT2D eigenvalue weighted by molar-refractivity contribution is 7.91. The molecule has 1 aliphatic rings. The second-order valence-corrected chi connectivity index (χ2v) is 8.00. The second-order valence-electron chi connectivity index (χ2n) is 4.99. The van der Waals surface area contributed by atoms with Gasteiger partial charge in [-0.15, -0.1) is 0 Å². The lowest BCUT2D eigenvalue weighted by atomic mass is 9.94. The number of rotatable bonds is 4. The maximum Gasteiger partial charge on any atom is 0.150 e. The van der Waals surface area contributed by atoms with E-state index < -0.39 is 9.84 Å². The Kier molecular flexibility index (Phi) is 4.77. The normalized spacial score (nSPS) is 23.4. The molecule has 1 saturated heterocycles. The monoisotopic (exact) mass is 321 g/mol. The smallest absolute Gasteiger partial charge is 0.150 e. The highest BCUT2D eigenvalue weighted by Crippen LogP contribution is 2.34. The third kappa shape index (κ3) is 3.63. The zero-order chi connectivity index (χ0) is 14.0. The molecule has 0 radical (unpaired) electrons. The molecule has 1 aromatic rings. The molecule has 3 nitrogen and oxygen atoms in total. The summed E-state index contributed by atoms with van der Waals surface area (Å²) in [6.45, 7) is 0. The van der Waals surface area contributed by atoms with Gasteiger partial charge in [0.25, 0.3) is 0 Å². The summed E-state index contributed by atoms with van der Waals surface area (Å²) >= 11 is 12.2. The van der Waals surface area contributed by atoms with Crippen LogP contribution in [-0.4, -0.2) is 27.0 Å². The van der Waals surface area contributed by atoms with Crippen molar-refractivity contribution < 1.29 is 8.42 Å². The largest absolute Gasteiger partial charge is 0.313 e. The second kappa shape index (κ2) is 6.00. The maximum absolute atomic E-state index is 11.5. The molecule has 0 saturated carbocycles. The Morgan fingerprint density at radius 1 is 1.42 bits per heavy atom. The van der Waals surface area contributed by atoms with E-state index >= 15 is 0 Å². The number of nitrogens with one attached hydrogen (secondary N) is 1. The van der Waals surface area contributed by atoms with E-state index in [4.69, 9.17) is 23.2 Å². The first-order valence-electron chi connectivity index (χ1n) is 6.24. The van der Waals surface area contributed by atoms with Crippen LogP contribution in [0.4, 0.5) is 0 Å². The molecule has 0 aromatic heterocycles. The Labute approximate surface area is 124 Å². The first-order chi connectivity index (χ1) is 8.93. The maximum atomic E-state index is 11.5. The Balaban J connectivity index is 2.15. The van der Waals surface area contributed by atoms with Gasteiger partial charge < -0.3 is 5.32 Å². The van der Waals surface area contributed by atoms with Crippen LogP contribution >= 0.6 is 23.2 Å². The van der Waals surface area contributed by atoms with Crippen molar-refractivity contribution in [2.24, 2.45) is 5.92 Å². The van der Waals surface area contributed by atoms with E-state index in [2.05, 4.69) is 5.32 Å². The van der Waals surface area contributed by atoms with Gasteiger partial charge >= 0.3 is 0 Å². The number of hydrogen-bond donors (Lipinski definition) is 1. The first kappa shape index (κ1) is 15.1. The van der Waals surface area contributed by atoms with Crippen LogP contribution in [0.3, 0.4) is 0 Å². The van der Waals surface area contributed by atoms with Crippen molar-refractivity contribution in [1.29, 1.82) is 0 Å². The highest BCUT2D eigenvalue weighted by atomic mass is 35.5. The van der Waals surface area contributed by atoms with Gasteiger partial charge in [0.15, 0.2) is 9.84 Å². The van der Waals surface area contributed by atoms with Crippen LogP contribution in [0.2, 0.25) is 10.0 Å². The zero-order valence-electron chi connectivity index (χ0n) is 10.7. The highest BCUT2D eigenvalue weighted by Gasteiger charge is 2.30. The topological polar surface area (TPSA) is 46.2 Å². The van der Waals surface area contributed by atoms with E-state index in [0.29, 0.717) is 15.8 Å². The van der Waals surface area contributed by atoms with E-state index in [-0.39, 0.29) is 17.7 Å². The third-order valence-electron chi connectivity index (χ3n) is 3.60. The van der Waals surface area contributed by atoms with Crippen molar-refractivity contribution in [2.75, 3.05) is 18.6 Å². The molecular formula is C13H17Cl2NO2S. The third-order valence-corrected chi connectivity index (χ3v) is 6.27. The molecule has 1 fully saturated rings. The summed E-state index contributed by atoms with van der Waals surface area (Å²) in [6, 6.07) is 5.57. The summed E-state index contributed by atoms with van der Waals surface area (Å²) in [4.78, 5) is 0. The SMILES string of the molecule is CNC(CC1CCS(=O)(=O)C1)c1cccc(Cl)c1Cl. The first-order valence-corrected chi connectivity index (χ1v) is 8.82. The molecule has 0 spiro atoms. The standard InChI is InChI=1S/C13H17Cl2NO2S/c1-16-12(7-9-5-6-19(17,18)8-9)10-3-2-4-11(14)13(10)15/h2-4,9,12,16H,5-8H2,1H3. The van der Waals surface area contributed by atoms with E-state index in [1.165, 1.54) is 0 Å². The van der Waals surface area contributed by atoms with E-state index in [0.717, 1.165) is 18.4 Å². The summed E-state index contributed by atoms with van der Waals surface area (Å²) in [5.74, 6) is 0.776. The Morgan fingerprint density at radius 3 is 2.74 bits per heavy atom. The summed E-state index contributed by atoms with van der Waals surface area (Å²) < 4.78 is 23.0. The lowest BCUT2D eigenvalue weighted by molar-refractivity contribution is 0.437. The molecule has 1 N–H and O–H groups in total. The van der Waals surface area contributed by atoms with Crippen LogP contribution < -0.4 is 5.32 Å². The lowest BCUT2D eigenvalue weighted by Gasteiger charge is -2.21. The van der Waals surface area contributed by atoms with Crippen LogP contribution in [0.25, 0.3) is 0 Å². The van der Waals surface area contributed by atoms with Gasteiger partial charge in [-0.3, -0.25) is 0 Å². The van der Waals surface area contributed by atoms with Gasteiger partial charge in [0.1, 0.15) is 0 Å². The Bertz CT molecular complexity index is 560. The molecule has 0 amide bonds. The fraction of sp³-hybridized carbons (Fsp3) is 0.538. The molecule has 0 bridgehead atoms. The average Bonchev–Trinajstić information content (AvgIpc) is 2.70. The molecule has 0 aliphatic carbocycles. The minimum Gasteiger partial charge on any atom is -0.313 e. The van der Waals surface area contributed by atoms with Gasteiger partial charge in [-0.1, -0.05) is 35.3 Å². The van der Waals surface area contributed by atoms with Crippen molar-refractivity contribution in [1.82, 2.24) is 5.32 Å². The molecule has 19 heavy (non-hydrogen) atoms. The van der Waals surface area contributed by atoms with Crippen molar-refractivity contribution in [3.63, 3.8) is 0 Å². The molecule has 1 heterocycles. The van der Waals surface area contributed by atoms with Crippen molar-refractivity contribution in [3.05, 3.63) is 33.8 Å². The molecule has 2 atom stereocenters. The van der Waals surface area contributed by atoms with E-state index in [1.54, 1.807) is 6.07 Å². The number of halogens is 2. The van der Waals surface area contributed by atoms with Crippen molar-refractivity contribution in [2.45, 2.75) is 18.9 Å². The molecular weight excluding hydrogens is 305 g/mol. The number of sulfone groups is 1. The van der Waals surface area contributed by atoms with Gasteiger partial charge in [-0.25, -0.2) is 8.42 Å². The Morgan fingerprint density at radius 2 is 2.16 bits per heavy atom. The molecule has 1 aromatic carbocycles. The van der Waals surface area contributed by atoms with Gasteiger partial charge in [0.2, 0.25) is 0 Å². The van der Waals surface area contributed by atoms with Crippen LogP contribution in [0.1, 0.15) is 24.4 Å². The van der Waals surface area contributed by atoms with Crippen molar-refractivity contribution >= 4 is 33.0 Å². The minimum absolute atomic E-state index is 0.0319. The van der Waals surface area contributed by atoms with Crippen LogP contribution in [-0.2, 0) is 9.84 Å². The van der Waals surface area contributed by atoms with Gasteiger partial charge in [0.05, 0.1) is 21.6 Å². The predicted molar refractivity (Wildman–Crippen MR) is 79.6 cm³/mol. The average molecular weight is 322 g/mol. The fourth-order valence-corrected chi connectivity index (χ4v) is 4.90. The zero-order valence-corrected chi connectivity index (χ0v) is 13.0. The predicted octanol–water partition coefficient (Wildman–Crippen LogP) is 3.08. The summed E-state index contributed by atoms with van der Waals surface area (Å²) in [6.07, 6.45) is 1.49. The van der Waals surface area contributed by atoms with Crippen molar-refractivity contribution in [3.8, 4) is 0 Å². The number of benzene rings is 1. The molecule has 1 aliphatic heterocycles. The molecule has 2 rings (SSSR count). The lowest BCUT2D eigenvalue weighted by Crippen LogP contribution is -2.21. The Hall–Kier alpha value is -0.290. The molecule has 2 unspecified atom stereocenters. The summed E-state index contributed by atoms with van der Waals surface area (Å²) in [5, 5.41) is 4.27. The number of hydrogen-bond acceptors (Lipinski definition) is 3. The molecule has 6 heteroatoms. The quantitative estimate of drug-likeness (QED) is 0.927. The fourth-order valence-electron chi connectivity index (χ4n) is 2.58. The molecule has 106 valence electrons. The van der Waals surface area contributed by atoms with Gasteiger partial charge in [0, 0.05) is 6.04 Å². The van der Waals surface area contributed by atoms with E-state index in [9.17, 15) is 8.42 Å². The van der Waals surface area contributed by atoms with Gasteiger partial charge in [-0.05, 0) is 37.4 Å². The van der Waals surface area contributed by atoms with Crippen LogP contribution in [0, 0.1) is 5.92 Å². The summed E-state index contributed by atoms with van der Waals surface area (Å²) in [7, 11) is -0.984. The van der Waals surface area contributed by atoms with E-state index in [1.807, 2.05) is 19.2 Å². The van der Waals surface area contributed by atoms with Gasteiger partial charge in [-0.2, -0.15) is 0 Å². The summed E-state index contributed by atoms with van der Waals surface area (Å²) in [5.41, 5.74) is 0.931. The minimum atomic E-state index is -2.84. The van der Waals surface area contributed by atoms with Crippen LogP contribution in [0.15, 0.2) is 18.2 Å². The van der Waals surface area contributed by atoms with Crippen LogP contribution in [0.5, 0.6) is 0 Å².